The quantitative estimate of drug-likeness (QED) is 0.230. The molecule has 2 aromatic rings. The van der Waals surface area contributed by atoms with E-state index in [4.69, 9.17) is 4.74 Å². The highest BCUT2D eigenvalue weighted by atomic mass is 16.6. The monoisotopic (exact) mass is 435 g/mol. The van der Waals surface area contributed by atoms with Gasteiger partial charge < -0.3 is 15.4 Å². The zero-order valence-electron chi connectivity index (χ0n) is 17.7. The van der Waals surface area contributed by atoms with Crippen LogP contribution in [-0.2, 0) is 14.3 Å². The average molecular weight is 435 g/mol. The minimum atomic E-state index is -0.517. The van der Waals surface area contributed by atoms with Gasteiger partial charge in [-0.1, -0.05) is 19.8 Å². The first-order valence-corrected chi connectivity index (χ1v) is 10.5. The minimum Gasteiger partial charge on any atom is -0.383 e. The smallest absolute Gasteiger partial charge is 0.300 e. The molecule has 1 aromatic heterocycles. The van der Waals surface area contributed by atoms with Gasteiger partial charge in [-0.3, -0.25) is 19.7 Å². The lowest BCUT2D eigenvalue weighted by atomic mass is 10.1. The molecule has 0 unspecified atom stereocenters. The summed E-state index contributed by atoms with van der Waals surface area (Å²) in [6, 6.07) is 2.98. The van der Waals surface area contributed by atoms with Crippen LogP contribution in [0.4, 0.5) is 11.4 Å². The molecular weight excluding hydrogens is 406 g/mol. The molecule has 0 spiro atoms. The van der Waals surface area contributed by atoms with Gasteiger partial charge in [-0.15, -0.1) is 0 Å². The Morgan fingerprint density at radius 3 is 2.61 bits per heavy atom. The topological polar surface area (TPSA) is 149 Å². The molecule has 0 saturated carbocycles. The molecular formula is C20H29N5O6. The van der Waals surface area contributed by atoms with Gasteiger partial charge in [-0.05, 0) is 29.2 Å². The van der Waals surface area contributed by atoms with Crippen LogP contribution >= 0.6 is 0 Å². The van der Waals surface area contributed by atoms with Crippen LogP contribution in [0.25, 0.3) is 11.0 Å². The van der Waals surface area contributed by atoms with Crippen molar-refractivity contribution in [2.75, 3.05) is 31.6 Å². The number of carbonyl (C=O) groups excluding carboxylic acids is 2. The second-order valence-electron chi connectivity index (χ2n) is 7.05. The van der Waals surface area contributed by atoms with Crippen LogP contribution in [0.1, 0.15) is 51.9 Å². The number of nitrogens with zero attached hydrogens (tertiary/aromatic N) is 3. The van der Waals surface area contributed by atoms with Crippen molar-refractivity contribution in [3.63, 3.8) is 0 Å². The summed E-state index contributed by atoms with van der Waals surface area (Å²) in [4.78, 5) is 33.4. The molecule has 11 nitrogen and oxygen atoms in total. The van der Waals surface area contributed by atoms with Crippen molar-refractivity contribution in [2.45, 2.75) is 51.9 Å². The number of unbranched alkanes of at least 4 members (excludes halogenated alkanes) is 3. The first-order chi connectivity index (χ1) is 15.0. The van der Waals surface area contributed by atoms with E-state index in [9.17, 15) is 19.7 Å². The summed E-state index contributed by atoms with van der Waals surface area (Å²) in [7, 11) is 0. The number of fused-ring (bicyclic) bond motifs is 1. The summed E-state index contributed by atoms with van der Waals surface area (Å²) < 4.78 is 9.99. The van der Waals surface area contributed by atoms with E-state index >= 15 is 0 Å². The second kappa shape index (κ2) is 13.3. The predicted octanol–water partition coefficient (Wildman–Crippen LogP) is 3.00. The van der Waals surface area contributed by atoms with Gasteiger partial charge in [-0.2, -0.15) is 0 Å². The Morgan fingerprint density at radius 1 is 1.06 bits per heavy atom. The number of hydrogen-bond acceptors (Lipinski definition) is 9. The Hall–Kier alpha value is -3.08. The normalized spacial score (nSPS) is 10.9. The van der Waals surface area contributed by atoms with Crippen LogP contribution in [0, 0.1) is 10.1 Å². The standard InChI is InChI=1S/C20H29N5O6/c1-2-18(27)22-12-14-30-13-10-15(26)7-5-3-4-6-11-21-16-8-9-17(25(28)29)20-19(16)23-31-24-20/h8-9,21H,2-7,10-14H2,1H3,(H,22,27). The first-order valence-electron chi connectivity index (χ1n) is 10.5. The number of nitrogens with one attached hydrogen (secondary N) is 2. The maximum atomic E-state index is 11.8. The van der Waals surface area contributed by atoms with Gasteiger partial charge in [0.15, 0.2) is 5.52 Å². The number of ketones is 1. The van der Waals surface area contributed by atoms with Crippen molar-refractivity contribution in [2.24, 2.45) is 0 Å². The molecule has 0 aliphatic rings. The van der Waals surface area contributed by atoms with Gasteiger partial charge in [0.2, 0.25) is 11.4 Å². The molecule has 2 rings (SSSR count). The maximum absolute atomic E-state index is 11.8. The van der Waals surface area contributed by atoms with E-state index in [2.05, 4.69) is 25.6 Å². The molecule has 0 atom stereocenters. The van der Waals surface area contributed by atoms with Crippen molar-refractivity contribution in [3.05, 3.63) is 22.2 Å². The van der Waals surface area contributed by atoms with E-state index in [1.54, 1.807) is 13.0 Å². The number of nitro benzene ring substituents is 1. The Morgan fingerprint density at radius 2 is 1.84 bits per heavy atom. The molecule has 0 bridgehead atoms. The van der Waals surface area contributed by atoms with E-state index in [0.717, 1.165) is 25.7 Å². The van der Waals surface area contributed by atoms with Gasteiger partial charge >= 0.3 is 5.69 Å². The summed E-state index contributed by atoms with van der Waals surface area (Å²) in [6.07, 6.45) is 5.02. The Balaban J connectivity index is 1.51. The highest BCUT2D eigenvalue weighted by molar-refractivity contribution is 5.93. The van der Waals surface area contributed by atoms with Crippen molar-refractivity contribution in [1.29, 1.82) is 0 Å². The third-order valence-corrected chi connectivity index (χ3v) is 4.70. The number of Topliss-reactive ketones (excluding diaryl/α,β-unsaturated/α-hetero) is 1. The molecule has 31 heavy (non-hydrogen) atoms. The van der Waals surface area contributed by atoms with Crippen LogP contribution in [0.2, 0.25) is 0 Å². The molecule has 0 aliphatic heterocycles. The third-order valence-electron chi connectivity index (χ3n) is 4.70. The van der Waals surface area contributed by atoms with Crippen LogP contribution in [0.15, 0.2) is 16.8 Å². The fourth-order valence-electron chi connectivity index (χ4n) is 2.97. The van der Waals surface area contributed by atoms with Gasteiger partial charge in [0, 0.05) is 38.4 Å². The summed E-state index contributed by atoms with van der Waals surface area (Å²) in [5, 5.41) is 24.3. The van der Waals surface area contributed by atoms with Gasteiger partial charge in [0.1, 0.15) is 5.78 Å². The zero-order valence-corrected chi connectivity index (χ0v) is 17.7. The molecule has 0 fully saturated rings. The van der Waals surface area contributed by atoms with Gasteiger partial charge in [0.05, 0.1) is 23.8 Å². The summed E-state index contributed by atoms with van der Waals surface area (Å²) >= 11 is 0. The summed E-state index contributed by atoms with van der Waals surface area (Å²) in [5.41, 5.74) is 0.976. The Bertz CT molecular complexity index is 869. The predicted molar refractivity (Wildman–Crippen MR) is 114 cm³/mol. The van der Waals surface area contributed by atoms with Crippen LogP contribution in [-0.4, -0.2) is 53.2 Å². The SMILES string of the molecule is CCC(=O)NCCOCCC(=O)CCCCCCNc1ccc([N+](=O)[O-])c2nonc12. The van der Waals surface area contributed by atoms with Gasteiger partial charge in [-0.25, -0.2) is 4.63 Å². The van der Waals surface area contributed by atoms with Crippen LogP contribution < -0.4 is 10.6 Å². The molecule has 1 amide bonds. The fraction of sp³-hybridized carbons (Fsp3) is 0.600. The number of nitro groups is 1. The highest BCUT2D eigenvalue weighted by Crippen LogP contribution is 2.28. The lowest BCUT2D eigenvalue weighted by Gasteiger charge is -2.07. The maximum Gasteiger partial charge on any atom is 0.300 e. The van der Waals surface area contributed by atoms with Crippen molar-refractivity contribution in [1.82, 2.24) is 15.6 Å². The van der Waals surface area contributed by atoms with Crippen molar-refractivity contribution >= 4 is 34.1 Å². The van der Waals surface area contributed by atoms with E-state index in [1.807, 2.05) is 0 Å². The molecule has 0 radical (unpaired) electrons. The Kier molecular flexibility index (Phi) is 10.4. The average Bonchev–Trinajstić information content (AvgIpc) is 3.25. The van der Waals surface area contributed by atoms with Crippen LogP contribution in [0.3, 0.4) is 0 Å². The molecule has 1 heterocycles. The van der Waals surface area contributed by atoms with Crippen molar-refractivity contribution in [3.8, 4) is 0 Å². The molecule has 2 N–H and O–H groups in total. The summed E-state index contributed by atoms with van der Waals surface area (Å²) in [5.74, 6) is 0.175. The second-order valence-corrected chi connectivity index (χ2v) is 7.05. The number of benzene rings is 1. The number of ether oxygens (including phenoxy) is 1. The number of amides is 1. The molecule has 11 heteroatoms. The lowest BCUT2D eigenvalue weighted by molar-refractivity contribution is -0.383. The first kappa shape index (κ1) is 24.2. The number of rotatable bonds is 16. The zero-order chi connectivity index (χ0) is 22.5. The molecule has 0 saturated heterocycles. The van der Waals surface area contributed by atoms with Crippen LogP contribution in [0.5, 0.6) is 0 Å². The van der Waals surface area contributed by atoms with Crippen molar-refractivity contribution < 1.29 is 23.9 Å². The number of aromatic nitrogens is 2. The number of anilines is 1. The third kappa shape index (κ3) is 8.28. The lowest BCUT2D eigenvalue weighted by Crippen LogP contribution is -2.26. The van der Waals surface area contributed by atoms with E-state index in [0.29, 0.717) is 56.8 Å². The fourth-order valence-corrected chi connectivity index (χ4v) is 2.97. The number of non-ortho nitro benzene ring substituents is 1. The molecule has 0 aliphatic carbocycles. The van der Waals surface area contributed by atoms with Gasteiger partial charge in [0.25, 0.3) is 0 Å². The number of carbonyl (C=O) groups is 2. The van der Waals surface area contributed by atoms with E-state index in [-0.39, 0.29) is 22.9 Å². The molecule has 1 aromatic carbocycles. The Labute approximate surface area is 180 Å². The molecule has 170 valence electrons. The largest absolute Gasteiger partial charge is 0.383 e. The highest BCUT2D eigenvalue weighted by Gasteiger charge is 2.19. The minimum absolute atomic E-state index is 0.00828. The van der Waals surface area contributed by atoms with E-state index in [1.165, 1.54) is 6.07 Å². The summed E-state index contributed by atoms with van der Waals surface area (Å²) in [6.45, 7) is 3.73. The van der Waals surface area contributed by atoms with E-state index < -0.39 is 4.92 Å². The number of hydrogen-bond donors (Lipinski definition) is 2.